The number of rotatable bonds is 3. The molecule has 2 fully saturated rings. The van der Waals surface area contributed by atoms with Gasteiger partial charge in [-0.2, -0.15) is 0 Å². The van der Waals surface area contributed by atoms with Gasteiger partial charge in [-0.1, -0.05) is 19.8 Å². The number of aryl methyl sites for hydroxylation is 2. The van der Waals surface area contributed by atoms with Crippen molar-refractivity contribution in [1.29, 1.82) is 0 Å². The van der Waals surface area contributed by atoms with E-state index in [-0.39, 0.29) is 24.3 Å². The summed E-state index contributed by atoms with van der Waals surface area (Å²) in [5.41, 5.74) is 0.239. The summed E-state index contributed by atoms with van der Waals surface area (Å²) < 4.78 is 0. The number of amides is 4. The molecule has 0 radical (unpaired) electrons. The number of anilines is 1. The molecule has 1 saturated carbocycles. The average molecular weight is 362 g/mol. The number of nitrogens with zero attached hydrogens (tertiary/aromatic N) is 2. The zero-order chi connectivity index (χ0) is 17.6. The molecule has 7 nitrogen and oxygen atoms in total. The highest BCUT2D eigenvalue weighted by Gasteiger charge is 2.55. The smallest absolute Gasteiger partial charge is 0.323 e. The summed E-state index contributed by atoms with van der Waals surface area (Å²) in [6.45, 7) is 1.74. The zero-order valence-corrected chi connectivity index (χ0v) is 15.1. The molecule has 1 aliphatic heterocycles. The SMILES string of the molecule is C[C@@H]1CCCC[C@]12NC(=O)N(CC(=O)Nc1nc3c(s1)CCC3)C2=O. The van der Waals surface area contributed by atoms with E-state index in [0.29, 0.717) is 11.6 Å². The number of hydrogen-bond acceptors (Lipinski definition) is 5. The quantitative estimate of drug-likeness (QED) is 0.805. The van der Waals surface area contributed by atoms with Crippen molar-refractivity contribution in [3.63, 3.8) is 0 Å². The molecule has 3 aliphatic rings. The Morgan fingerprint density at radius 3 is 2.96 bits per heavy atom. The summed E-state index contributed by atoms with van der Waals surface area (Å²) in [6, 6.07) is -0.462. The van der Waals surface area contributed by atoms with Gasteiger partial charge in [0.2, 0.25) is 5.91 Å². The minimum atomic E-state index is -0.821. The van der Waals surface area contributed by atoms with Crippen LogP contribution in [-0.2, 0) is 22.4 Å². The number of carbonyl (C=O) groups is 3. The van der Waals surface area contributed by atoms with E-state index in [9.17, 15) is 14.4 Å². The highest BCUT2D eigenvalue weighted by Crippen LogP contribution is 2.38. The molecule has 8 heteroatoms. The number of aromatic nitrogens is 1. The molecule has 4 amide bonds. The second-order valence-electron chi connectivity index (χ2n) is 7.23. The van der Waals surface area contributed by atoms with Crippen molar-refractivity contribution >= 4 is 34.3 Å². The van der Waals surface area contributed by atoms with Crippen LogP contribution in [0, 0.1) is 5.92 Å². The lowest BCUT2D eigenvalue weighted by molar-refractivity contribution is -0.136. The molecule has 2 atom stereocenters. The number of hydrogen-bond donors (Lipinski definition) is 2. The fourth-order valence-electron chi connectivity index (χ4n) is 4.19. The normalized spacial score (nSPS) is 28.4. The van der Waals surface area contributed by atoms with Crippen LogP contribution in [-0.4, -0.2) is 39.8 Å². The first-order valence-electron chi connectivity index (χ1n) is 8.92. The Bertz CT molecular complexity index is 725. The molecular weight excluding hydrogens is 340 g/mol. The maximum atomic E-state index is 12.9. The van der Waals surface area contributed by atoms with Crippen LogP contribution in [0.5, 0.6) is 0 Å². The summed E-state index contributed by atoms with van der Waals surface area (Å²) in [7, 11) is 0. The lowest BCUT2D eigenvalue weighted by Gasteiger charge is -2.36. The van der Waals surface area contributed by atoms with Gasteiger partial charge in [0, 0.05) is 4.88 Å². The molecule has 2 heterocycles. The predicted octanol–water partition coefficient (Wildman–Crippen LogP) is 2.07. The van der Waals surface area contributed by atoms with E-state index in [2.05, 4.69) is 15.6 Å². The summed E-state index contributed by atoms with van der Waals surface area (Å²) >= 11 is 1.48. The topological polar surface area (TPSA) is 91.4 Å². The van der Waals surface area contributed by atoms with Crippen LogP contribution in [0.25, 0.3) is 0 Å². The van der Waals surface area contributed by atoms with Gasteiger partial charge >= 0.3 is 6.03 Å². The second-order valence-corrected chi connectivity index (χ2v) is 8.31. The van der Waals surface area contributed by atoms with Gasteiger partial charge in [0.1, 0.15) is 12.1 Å². The minimum absolute atomic E-state index is 0.0905. The summed E-state index contributed by atoms with van der Waals surface area (Å²) in [6.07, 6.45) is 6.63. The van der Waals surface area contributed by atoms with Gasteiger partial charge < -0.3 is 10.6 Å². The Morgan fingerprint density at radius 1 is 1.36 bits per heavy atom. The minimum Gasteiger partial charge on any atom is -0.323 e. The molecule has 1 aromatic heterocycles. The van der Waals surface area contributed by atoms with Crippen LogP contribution in [0.4, 0.5) is 9.93 Å². The van der Waals surface area contributed by atoms with E-state index < -0.39 is 11.6 Å². The fraction of sp³-hybridized carbons (Fsp3) is 0.647. The Kier molecular flexibility index (Phi) is 4.02. The van der Waals surface area contributed by atoms with Gasteiger partial charge in [-0.25, -0.2) is 9.78 Å². The molecule has 1 spiro atoms. The first-order valence-corrected chi connectivity index (χ1v) is 9.74. The first kappa shape index (κ1) is 16.5. The molecule has 2 aliphatic carbocycles. The van der Waals surface area contributed by atoms with E-state index in [4.69, 9.17) is 0 Å². The fourth-order valence-corrected chi connectivity index (χ4v) is 5.25. The van der Waals surface area contributed by atoms with Gasteiger partial charge in [0.15, 0.2) is 5.13 Å². The predicted molar refractivity (Wildman–Crippen MR) is 93.4 cm³/mol. The molecule has 1 aromatic rings. The van der Waals surface area contributed by atoms with Crippen molar-refractivity contribution in [2.24, 2.45) is 5.92 Å². The molecule has 134 valence electrons. The molecule has 4 rings (SSSR count). The molecule has 0 bridgehead atoms. The standard InChI is InChI=1S/C17H22N4O3S/c1-10-5-2-3-8-17(10)14(23)21(16(24)20-17)9-13(22)19-15-18-11-6-4-7-12(11)25-15/h10H,2-9H2,1H3,(H,20,24)(H,18,19,22)/t10-,17+/m1/s1. The maximum absolute atomic E-state index is 12.9. The van der Waals surface area contributed by atoms with Crippen LogP contribution in [0.1, 0.15) is 49.6 Å². The van der Waals surface area contributed by atoms with E-state index in [0.717, 1.165) is 49.1 Å². The van der Waals surface area contributed by atoms with E-state index >= 15 is 0 Å². The van der Waals surface area contributed by atoms with Crippen LogP contribution < -0.4 is 10.6 Å². The number of imide groups is 1. The summed E-state index contributed by atoms with van der Waals surface area (Å²) in [5, 5.41) is 6.16. The van der Waals surface area contributed by atoms with Crippen LogP contribution in [0.3, 0.4) is 0 Å². The van der Waals surface area contributed by atoms with Gasteiger partial charge in [-0.3, -0.25) is 14.5 Å². The van der Waals surface area contributed by atoms with E-state index in [1.165, 1.54) is 16.2 Å². The lowest BCUT2D eigenvalue weighted by Crippen LogP contribution is -2.54. The Hall–Kier alpha value is -1.96. The average Bonchev–Trinajstić information content (AvgIpc) is 3.20. The van der Waals surface area contributed by atoms with Gasteiger partial charge in [-0.15, -0.1) is 11.3 Å². The van der Waals surface area contributed by atoms with Gasteiger partial charge in [-0.05, 0) is 38.0 Å². The van der Waals surface area contributed by atoms with Crippen molar-refractivity contribution in [1.82, 2.24) is 15.2 Å². The largest absolute Gasteiger partial charge is 0.325 e. The van der Waals surface area contributed by atoms with Crippen molar-refractivity contribution in [2.45, 2.75) is 57.4 Å². The highest BCUT2D eigenvalue weighted by atomic mass is 32.1. The molecule has 2 N–H and O–H groups in total. The Balaban J connectivity index is 1.43. The molecular formula is C17H22N4O3S. The third kappa shape index (κ3) is 2.72. The maximum Gasteiger partial charge on any atom is 0.325 e. The van der Waals surface area contributed by atoms with E-state index in [1.54, 1.807) is 0 Å². The highest BCUT2D eigenvalue weighted by molar-refractivity contribution is 7.15. The van der Waals surface area contributed by atoms with Crippen molar-refractivity contribution in [2.75, 3.05) is 11.9 Å². The number of carbonyl (C=O) groups excluding carboxylic acids is 3. The molecule has 0 unspecified atom stereocenters. The van der Waals surface area contributed by atoms with Gasteiger partial charge in [0.05, 0.1) is 5.69 Å². The third-order valence-corrected chi connectivity index (χ3v) is 6.72. The van der Waals surface area contributed by atoms with Crippen molar-refractivity contribution < 1.29 is 14.4 Å². The number of urea groups is 1. The van der Waals surface area contributed by atoms with Crippen LogP contribution in [0.15, 0.2) is 0 Å². The van der Waals surface area contributed by atoms with Gasteiger partial charge in [0.25, 0.3) is 5.91 Å². The van der Waals surface area contributed by atoms with E-state index in [1.807, 2.05) is 6.92 Å². The van der Waals surface area contributed by atoms with Crippen molar-refractivity contribution in [3.05, 3.63) is 10.6 Å². The molecule has 0 aromatic carbocycles. The molecule has 25 heavy (non-hydrogen) atoms. The van der Waals surface area contributed by atoms with Crippen LogP contribution >= 0.6 is 11.3 Å². The van der Waals surface area contributed by atoms with Crippen LogP contribution in [0.2, 0.25) is 0 Å². The molecule has 1 saturated heterocycles. The lowest BCUT2D eigenvalue weighted by atomic mass is 9.73. The first-order chi connectivity index (χ1) is 12.0. The summed E-state index contributed by atoms with van der Waals surface area (Å²) in [4.78, 5) is 44.2. The summed E-state index contributed by atoms with van der Waals surface area (Å²) in [5.74, 6) is -0.550. The number of nitrogens with one attached hydrogen (secondary N) is 2. The zero-order valence-electron chi connectivity index (χ0n) is 14.3. The van der Waals surface area contributed by atoms with Crippen molar-refractivity contribution in [3.8, 4) is 0 Å². The monoisotopic (exact) mass is 362 g/mol. The number of thiazole rings is 1. The number of fused-ring (bicyclic) bond motifs is 1. The second kappa shape index (κ2) is 6.09. The Morgan fingerprint density at radius 2 is 2.20 bits per heavy atom. The third-order valence-electron chi connectivity index (χ3n) is 5.65. The Labute approximate surface area is 150 Å².